The van der Waals surface area contributed by atoms with Gasteiger partial charge in [0.1, 0.15) is 5.01 Å². The summed E-state index contributed by atoms with van der Waals surface area (Å²) in [5, 5.41) is 1.60. The molecule has 1 aromatic carbocycles. The molecule has 5 heteroatoms. The van der Waals surface area contributed by atoms with Gasteiger partial charge in [0.2, 0.25) is 0 Å². The highest BCUT2D eigenvalue weighted by Gasteiger charge is 2.07. The molecule has 2 aromatic heterocycles. The second-order valence-corrected chi connectivity index (χ2v) is 5.07. The molecule has 0 unspecified atom stereocenters. The van der Waals surface area contributed by atoms with E-state index in [1.54, 1.807) is 17.5 Å². The fourth-order valence-electron chi connectivity index (χ4n) is 1.54. The quantitative estimate of drug-likeness (QED) is 0.728. The van der Waals surface area contributed by atoms with Gasteiger partial charge in [-0.1, -0.05) is 11.6 Å². The van der Waals surface area contributed by atoms with E-state index in [1.807, 2.05) is 30.3 Å². The van der Waals surface area contributed by atoms with E-state index in [0.29, 0.717) is 5.69 Å². The van der Waals surface area contributed by atoms with E-state index in [1.165, 1.54) is 0 Å². The minimum atomic E-state index is 0.651. The Kier molecular flexibility index (Phi) is 2.46. The summed E-state index contributed by atoms with van der Waals surface area (Å²) in [6, 6.07) is 9.35. The molecule has 2 heterocycles. The van der Waals surface area contributed by atoms with Gasteiger partial charge in [-0.15, -0.1) is 11.3 Å². The Morgan fingerprint density at radius 2 is 2.06 bits per heavy atom. The fraction of sp³-hybridized carbons (Fsp3) is 0. The Hall–Kier alpha value is -1.65. The molecule has 0 spiro atoms. The van der Waals surface area contributed by atoms with E-state index in [2.05, 4.69) is 9.97 Å². The van der Waals surface area contributed by atoms with Crippen molar-refractivity contribution in [3.05, 3.63) is 41.6 Å². The van der Waals surface area contributed by atoms with Gasteiger partial charge in [0.15, 0.2) is 0 Å². The van der Waals surface area contributed by atoms with Crippen LogP contribution < -0.4 is 5.73 Å². The number of halogens is 1. The van der Waals surface area contributed by atoms with Crippen molar-refractivity contribution in [1.29, 1.82) is 0 Å². The lowest BCUT2D eigenvalue weighted by atomic mass is 10.3. The number of aromatic nitrogens is 2. The molecule has 0 aliphatic carbocycles. The third-order valence-corrected chi connectivity index (χ3v) is 3.63. The van der Waals surface area contributed by atoms with Crippen molar-refractivity contribution in [2.75, 3.05) is 5.73 Å². The van der Waals surface area contributed by atoms with Gasteiger partial charge in [0.25, 0.3) is 0 Å². The van der Waals surface area contributed by atoms with E-state index in [4.69, 9.17) is 17.3 Å². The molecule has 3 rings (SSSR count). The first kappa shape index (κ1) is 10.5. The van der Waals surface area contributed by atoms with Crippen LogP contribution in [0.1, 0.15) is 0 Å². The van der Waals surface area contributed by atoms with E-state index in [9.17, 15) is 0 Å². The Morgan fingerprint density at radius 1 is 1.18 bits per heavy atom. The van der Waals surface area contributed by atoms with Crippen molar-refractivity contribution < 1.29 is 0 Å². The van der Waals surface area contributed by atoms with Crippen LogP contribution in [0.15, 0.2) is 36.5 Å². The molecule has 0 saturated carbocycles. The Labute approximate surface area is 107 Å². The first-order valence-corrected chi connectivity index (χ1v) is 6.20. The molecule has 17 heavy (non-hydrogen) atoms. The van der Waals surface area contributed by atoms with Crippen LogP contribution in [-0.2, 0) is 0 Å². The van der Waals surface area contributed by atoms with Crippen LogP contribution in [0.25, 0.3) is 20.9 Å². The molecule has 0 aliphatic heterocycles. The molecule has 2 N–H and O–H groups in total. The van der Waals surface area contributed by atoms with Gasteiger partial charge in [-0.3, -0.25) is 4.98 Å². The third kappa shape index (κ3) is 1.97. The zero-order valence-electron chi connectivity index (χ0n) is 8.72. The Morgan fingerprint density at radius 3 is 2.82 bits per heavy atom. The van der Waals surface area contributed by atoms with Crippen molar-refractivity contribution >= 4 is 38.8 Å². The van der Waals surface area contributed by atoms with Crippen molar-refractivity contribution in [2.45, 2.75) is 0 Å². The van der Waals surface area contributed by atoms with Gasteiger partial charge in [-0.05, 0) is 30.3 Å². The van der Waals surface area contributed by atoms with Crippen LogP contribution >= 0.6 is 22.9 Å². The van der Waals surface area contributed by atoms with Crippen LogP contribution in [0.2, 0.25) is 5.02 Å². The number of anilines is 1. The summed E-state index contributed by atoms with van der Waals surface area (Å²) in [4.78, 5) is 8.77. The van der Waals surface area contributed by atoms with E-state index >= 15 is 0 Å². The highest BCUT2D eigenvalue weighted by Crippen LogP contribution is 2.30. The number of nitrogens with two attached hydrogens (primary N) is 1. The number of hydrogen-bond acceptors (Lipinski definition) is 4. The molecule has 0 fully saturated rings. The number of fused-ring (bicyclic) bond motifs is 1. The standard InChI is InChI=1S/C12H8ClN3S/c13-7-1-3-9-11(5-7)17-12(16-9)10-4-2-8(14)6-15-10/h1-6H,14H2. The zero-order valence-corrected chi connectivity index (χ0v) is 10.3. The average molecular weight is 262 g/mol. The molecule has 3 aromatic rings. The van der Waals surface area contributed by atoms with E-state index < -0.39 is 0 Å². The number of benzene rings is 1. The lowest BCUT2D eigenvalue weighted by Gasteiger charge is -1.94. The van der Waals surface area contributed by atoms with Gasteiger partial charge in [-0.2, -0.15) is 0 Å². The maximum Gasteiger partial charge on any atom is 0.143 e. The van der Waals surface area contributed by atoms with Crippen LogP contribution in [0.3, 0.4) is 0 Å². The Bertz CT molecular complexity index is 676. The van der Waals surface area contributed by atoms with E-state index in [0.717, 1.165) is 25.9 Å². The smallest absolute Gasteiger partial charge is 0.143 e. The number of thiazole rings is 1. The third-order valence-electron chi connectivity index (χ3n) is 2.36. The van der Waals surface area contributed by atoms with Crippen molar-refractivity contribution in [3.63, 3.8) is 0 Å². The second-order valence-electron chi connectivity index (χ2n) is 3.61. The summed E-state index contributed by atoms with van der Waals surface area (Å²) in [7, 11) is 0. The zero-order chi connectivity index (χ0) is 11.8. The Balaban J connectivity index is 2.14. The van der Waals surface area contributed by atoms with Gasteiger partial charge in [-0.25, -0.2) is 4.98 Å². The maximum atomic E-state index is 5.94. The minimum Gasteiger partial charge on any atom is -0.397 e. The number of pyridine rings is 1. The van der Waals surface area contributed by atoms with Crippen molar-refractivity contribution in [3.8, 4) is 10.7 Å². The summed E-state index contributed by atoms with van der Waals surface area (Å²) in [5.41, 5.74) is 8.02. The van der Waals surface area contributed by atoms with Gasteiger partial charge < -0.3 is 5.73 Å². The number of nitrogens with zero attached hydrogens (tertiary/aromatic N) is 2. The molecule has 0 atom stereocenters. The fourth-order valence-corrected chi connectivity index (χ4v) is 2.76. The van der Waals surface area contributed by atoms with Crippen LogP contribution in [-0.4, -0.2) is 9.97 Å². The average Bonchev–Trinajstić information content (AvgIpc) is 2.72. The predicted molar refractivity (Wildman–Crippen MR) is 72.3 cm³/mol. The normalized spacial score (nSPS) is 10.9. The SMILES string of the molecule is Nc1ccc(-c2nc3ccc(Cl)cc3s2)nc1. The minimum absolute atomic E-state index is 0.651. The molecule has 0 radical (unpaired) electrons. The molecule has 0 amide bonds. The first-order valence-electron chi connectivity index (χ1n) is 5.00. The lowest BCUT2D eigenvalue weighted by molar-refractivity contribution is 1.31. The monoisotopic (exact) mass is 261 g/mol. The number of nitrogen functional groups attached to an aromatic ring is 1. The van der Waals surface area contributed by atoms with Gasteiger partial charge >= 0.3 is 0 Å². The largest absolute Gasteiger partial charge is 0.397 e. The van der Waals surface area contributed by atoms with Gasteiger partial charge in [0.05, 0.1) is 27.8 Å². The molecule has 84 valence electrons. The number of rotatable bonds is 1. The van der Waals surface area contributed by atoms with Crippen LogP contribution in [0, 0.1) is 0 Å². The molecule has 3 nitrogen and oxygen atoms in total. The second kappa shape index (κ2) is 3.98. The molecule has 0 bridgehead atoms. The van der Waals surface area contributed by atoms with Crippen LogP contribution in [0.5, 0.6) is 0 Å². The van der Waals surface area contributed by atoms with Crippen molar-refractivity contribution in [2.24, 2.45) is 0 Å². The molecular weight excluding hydrogens is 254 g/mol. The first-order chi connectivity index (χ1) is 8.22. The summed E-state index contributed by atoms with van der Waals surface area (Å²) >= 11 is 7.51. The van der Waals surface area contributed by atoms with Gasteiger partial charge in [0, 0.05) is 5.02 Å². The predicted octanol–water partition coefficient (Wildman–Crippen LogP) is 3.59. The highest BCUT2D eigenvalue weighted by molar-refractivity contribution is 7.21. The van der Waals surface area contributed by atoms with Crippen LogP contribution in [0.4, 0.5) is 5.69 Å². The summed E-state index contributed by atoms with van der Waals surface area (Å²) in [6.07, 6.45) is 1.63. The summed E-state index contributed by atoms with van der Waals surface area (Å²) in [6.45, 7) is 0. The molecular formula is C12H8ClN3S. The highest BCUT2D eigenvalue weighted by atomic mass is 35.5. The summed E-state index contributed by atoms with van der Waals surface area (Å²) < 4.78 is 1.06. The number of hydrogen-bond donors (Lipinski definition) is 1. The maximum absolute atomic E-state index is 5.94. The molecule has 0 aliphatic rings. The lowest BCUT2D eigenvalue weighted by Crippen LogP contribution is -1.87. The topological polar surface area (TPSA) is 51.8 Å². The summed E-state index contributed by atoms with van der Waals surface area (Å²) in [5.74, 6) is 0. The van der Waals surface area contributed by atoms with E-state index in [-0.39, 0.29) is 0 Å². The van der Waals surface area contributed by atoms with Crippen molar-refractivity contribution in [1.82, 2.24) is 9.97 Å². The molecule has 0 saturated heterocycles.